The molecule has 0 aromatic carbocycles. The van der Waals surface area contributed by atoms with E-state index in [0.717, 1.165) is 13.0 Å². The van der Waals surface area contributed by atoms with Gasteiger partial charge >= 0.3 is 5.97 Å². The van der Waals surface area contributed by atoms with Gasteiger partial charge in [-0.1, -0.05) is 0 Å². The molecule has 0 aromatic heterocycles. The Morgan fingerprint density at radius 1 is 1.59 bits per heavy atom. The molecule has 2 atom stereocenters. The number of carbonyl (C=O) groups is 1. The standard InChI is InChI=1S/C12H23NO4/c1-4-16-11(14)9-15-8-6-13-12(3)5-7-17-10(12)2/h10,13H,4-9H2,1-3H3. The van der Waals surface area contributed by atoms with E-state index in [1.54, 1.807) is 6.92 Å². The van der Waals surface area contributed by atoms with Gasteiger partial charge in [0, 0.05) is 18.7 Å². The summed E-state index contributed by atoms with van der Waals surface area (Å²) >= 11 is 0. The van der Waals surface area contributed by atoms with Crippen LogP contribution in [-0.2, 0) is 19.0 Å². The first-order chi connectivity index (χ1) is 8.08. The van der Waals surface area contributed by atoms with E-state index in [2.05, 4.69) is 19.2 Å². The largest absolute Gasteiger partial charge is 0.464 e. The first kappa shape index (κ1) is 14.4. The third-order valence-electron chi connectivity index (χ3n) is 3.19. The molecule has 1 aliphatic rings. The molecule has 100 valence electrons. The lowest BCUT2D eigenvalue weighted by atomic mass is 9.95. The summed E-state index contributed by atoms with van der Waals surface area (Å²) in [7, 11) is 0. The molecule has 1 aliphatic heterocycles. The van der Waals surface area contributed by atoms with Crippen LogP contribution < -0.4 is 5.32 Å². The SMILES string of the molecule is CCOC(=O)COCCNC1(C)CCOC1C. The normalized spacial score (nSPS) is 28.3. The van der Waals surface area contributed by atoms with Gasteiger partial charge in [0.25, 0.3) is 0 Å². The van der Waals surface area contributed by atoms with Crippen molar-refractivity contribution in [2.24, 2.45) is 0 Å². The van der Waals surface area contributed by atoms with Crippen molar-refractivity contribution in [3.05, 3.63) is 0 Å². The molecule has 1 N–H and O–H groups in total. The molecular weight excluding hydrogens is 222 g/mol. The summed E-state index contributed by atoms with van der Waals surface area (Å²) in [6, 6.07) is 0. The fraction of sp³-hybridized carbons (Fsp3) is 0.917. The Balaban J connectivity index is 2.06. The van der Waals surface area contributed by atoms with Gasteiger partial charge in [0.2, 0.25) is 0 Å². The highest BCUT2D eigenvalue weighted by molar-refractivity contribution is 5.70. The van der Waals surface area contributed by atoms with Crippen LogP contribution in [-0.4, -0.2) is 50.6 Å². The topological polar surface area (TPSA) is 56.8 Å². The molecule has 0 saturated carbocycles. The van der Waals surface area contributed by atoms with Crippen LogP contribution in [0.5, 0.6) is 0 Å². The predicted molar refractivity (Wildman–Crippen MR) is 63.9 cm³/mol. The van der Waals surface area contributed by atoms with E-state index >= 15 is 0 Å². The molecule has 0 amide bonds. The third kappa shape index (κ3) is 4.61. The smallest absolute Gasteiger partial charge is 0.332 e. The van der Waals surface area contributed by atoms with Crippen molar-refractivity contribution in [2.75, 3.05) is 33.0 Å². The van der Waals surface area contributed by atoms with Crippen LogP contribution in [0.4, 0.5) is 0 Å². The Labute approximate surface area is 103 Å². The molecule has 0 radical (unpaired) electrons. The first-order valence-electron chi connectivity index (χ1n) is 6.18. The van der Waals surface area contributed by atoms with Crippen molar-refractivity contribution in [2.45, 2.75) is 38.8 Å². The van der Waals surface area contributed by atoms with Crippen molar-refractivity contribution >= 4 is 5.97 Å². The Bertz CT molecular complexity index is 247. The average Bonchev–Trinajstić information content (AvgIpc) is 2.59. The molecule has 1 rings (SSSR count). The Hall–Kier alpha value is -0.650. The van der Waals surface area contributed by atoms with Crippen LogP contribution in [0.3, 0.4) is 0 Å². The van der Waals surface area contributed by atoms with E-state index in [0.29, 0.717) is 19.8 Å². The van der Waals surface area contributed by atoms with Crippen LogP contribution in [0.2, 0.25) is 0 Å². The fourth-order valence-corrected chi connectivity index (χ4v) is 1.83. The Morgan fingerprint density at radius 2 is 2.35 bits per heavy atom. The van der Waals surface area contributed by atoms with Crippen LogP contribution in [0, 0.1) is 0 Å². The maximum absolute atomic E-state index is 11.0. The molecule has 1 heterocycles. The summed E-state index contributed by atoms with van der Waals surface area (Å²) in [5.41, 5.74) is 0.0211. The zero-order valence-electron chi connectivity index (χ0n) is 11.0. The molecule has 17 heavy (non-hydrogen) atoms. The van der Waals surface area contributed by atoms with Gasteiger partial charge in [0.1, 0.15) is 6.61 Å². The molecular formula is C12H23NO4. The number of esters is 1. The number of hydrogen-bond donors (Lipinski definition) is 1. The van der Waals surface area contributed by atoms with Crippen molar-refractivity contribution in [1.82, 2.24) is 5.32 Å². The molecule has 1 saturated heterocycles. The van der Waals surface area contributed by atoms with Crippen molar-refractivity contribution in [3.63, 3.8) is 0 Å². The fourth-order valence-electron chi connectivity index (χ4n) is 1.83. The van der Waals surface area contributed by atoms with E-state index in [1.165, 1.54) is 0 Å². The number of carbonyl (C=O) groups excluding carboxylic acids is 1. The van der Waals surface area contributed by atoms with Crippen LogP contribution in [0.1, 0.15) is 27.2 Å². The highest BCUT2D eigenvalue weighted by Crippen LogP contribution is 2.24. The van der Waals surface area contributed by atoms with E-state index < -0.39 is 0 Å². The third-order valence-corrected chi connectivity index (χ3v) is 3.19. The summed E-state index contributed by atoms with van der Waals surface area (Å²) in [6.07, 6.45) is 1.22. The Kier molecular flexibility index (Phi) is 5.88. The lowest BCUT2D eigenvalue weighted by Gasteiger charge is -2.28. The van der Waals surface area contributed by atoms with E-state index in [1.807, 2.05) is 0 Å². The van der Waals surface area contributed by atoms with Crippen molar-refractivity contribution in [3.8, 4) is 0 Å². The maximum Gasteiger partial charge on any atom is 0.332 e. The summed E-state index contributed by atoms with van der Waals surface area (Å²) in [6.45, 7) is 8.43. The summed E-state index contributed by atoms with van der Waals surface area (Å²) in [4.78, 5) is 11.0. The monoisotopic (exact) mass is 245 g/mol. The number of rotatable bonds is 7. The second-order valence-corrected chi connectivity index (χ2v) is 4.46. The quantitative estimate of drug-likeness (QED) is 0.529. The number of ether oxygens (including phenoxy) is 3. The van der Waals surface area contributed by atoms with Gasteiger partial charge in [-0.15, -0.1) is 0 Å². The second-order valence-electron chi connectivity index (χ2n) is 4.46. The maximum atomic E-state index is 11.0. The molecule has 5 heteroatoms. The van der Waals surface area contributed by atoms with Gasteiger partial charge in [-0.25, -0.2) is 4.79 Å². The summed E-state index contributed by atoms with van der Waals surface area (Å²) < 4.78 is 15.5. The molecule has 2 unspecified atom stereocenters. The minimum atomic E-state index is -0.309. The average molecular weight is 245 g/mol. The highest BCUT2D eigenvalue weighted by atomic mass is 16.6. The van der Waals surface area contributed by atoms with Crippen LogP contribution in [0.15, 0.2) is 0 Å². The van der Waals surface area contributed by atoms with E-state index in [-0.39, 0.29) is 24.2 Å². The van der Waals surface area contributed by atoms with Gasteiger partial charge in [-0.05, 0) is 27.2 Å². The zero-order valence-corrected chi connectivity index (χ0v) is 11.0. The van der Waals surface area contributed by atoms with Crippen LogP contribution >= 0.6 is 0 Å². The van der Waals surface area contributed by atoms with Crippen LogP contribution in [0.25, 0.3) is 0 Å². The zero-order chi connectivity index (χ0) is 12.7. The predicted octanol–water partition coefficient (Wildman–Crippen LogP) is 0.723. The van der Waals surface area contributed by atoms with Gasteiger partial charge in [-0.3, -0.25) is 0 Å². The van der Waals surface area contributed by atoms with Gasteiger partial charge in [0.15, 0.2) is 0 Å². The molecule has 1 fully saturated rings. The van der Waals surface area contributed by atoms with Gasteiger partial charge in [-0.2, -0.15) is 0 Å². The van der Waals surface area contributed by atoms with Gasteiger partial charge in [0.05, 0.1) is 19.3 Å². The van der Waals surface area contributed by atoms with Gasteiger partial charge < -0.3 is 19.5 Å². The summed E-state index contributed by atoms with van der Waals surface area (Å²) in [5.74, 6) is -0.309. The number of hydrogen-bond acceptors (Lipinski definition) is 5. The summed E-state index contributed by atoms with van der Waals surface area (Å²) in [5, 5.41) is 3.41. The highest BCUT2D eigenvalue weighted by Gasteiger charge is 2.36. The lowest BCUT2D eigenvalue weighted by Crippen LogP contribution is -2.48. The molecule has 5 nitrogen and oxygen atoms in total. The van der Waals surface area contributed by atoms with E-state index in [9.17, 15) is 4.79 Å². The Morgan fingerprint density at radius 3 is 2.94 bits per heavy atom. The molecule has 0 bridgehead atoms. The second kappa shape index (κ2) is 6.93. The van der Waals surface area contributed by atoms with Crippen molar-refractivity contribution < 1.29 is 19.0 Å². The first-order valence-corrected chi connectivity index (χ1v) is 6.18. The minimum Gasteiger partial charge on any atom is -0.464 e. The lowest BCUT2D eigenvalue weighted by molar-refractivity contribution is -0.148. The van der Waals surface area contributed by atoms with Crippen molar-refractivity contribution in [1.29, 1.82) is 0 Å². The molecule has 0 aromatic rings. The minimum absolute atomic E-state index is 0.0211. The molecule has 0 spiro atoms. The number of nitrogens with one attached hydrogen (secondary N) is 1. The molecule has 0 aliphatic carbocycles. The van der Waals surface area contributed by atoms with E-state index in [4.69, 9.17) is 14.2 Å².